The Labute approximate surface area is 85.9 Å². The van der Waals surface area contributed by atoms with Crippen LogP contribution in [0, 0.1) is 0 Å². The van der Waals surface area contributed by atoms with Crippen LogP contribution < -0.4 is 5.73 Å². The van der Waals surface area contributed by atoms with Crippen molar-refractivity contribution in [1.82, 2.24) is 0 Å². The zero-order valence-electron chi connectivity index (χ0n) is 9.60. The fourth-order valence-corrected chi connectivity index (χ4v) is 1.64. The van der Waals surface area contributed by atoms with E-state index in [1.54, 1.807) is 0 Å². The summed E-state index contributed by atoms with van der Waals surface area (Å²) < 4.78 is 29.8. The Balaban J connectivity index is 4.13. The van der Waals surface area contributed by atoms with Crippen LogP contribution in [0.4, 0.5) is 8.78 Å². The SMILES string of the molecule is CC(C)(C)[Si](C)(C)OCC(N)C(F)F. The van der Waals surface area contributed by atoms with Crippen molar-refractivity contribution in [3.63, 3.8) is 0 Å². The molecule has 5 heteroatoms. The molecule has 2 nitrogen and oxygen atoms in total. The van der Waals surface area contributed by atoms with E-state index in [1.807, 2.05) is 13.1 Å². The first-order valence-electron chi connectivity index (χ1n) is 4.75. The van der Waals surface area contributed by atoms with Gasteiger partial charge in [-0.15, -0.1) is 0 Å². The van der Waals surface area contributed by atoms with Gasteiger partial charge >= 0.3 is 0 Å². The lowest BCUT2D eigenvalue weighted by Gasteiger charge is -2.36. The summed E-state index contributed by atoms with van der Waals surface area (Å²) in [5, 5.41) is 0.0365. The molecule has 0 aromatic heterocycles. The van der Waals surface area contributed by atoms with Crippen molar-refractivity contribution >= 4 is 8.32 Å². The van der Waals surface area contributed by atoms with Gasteiger partial charge in [-0.3, -0.25) is 0 Å². The summed E-state index contributed by atoms with van der Waals surface area (Å²) in [7, 11) is -1.93. The monoisotopic (exact) mass is 225 g/mol. The maximum Gasteiger partial charge on any atom is 0.255 e. The molecule has 0 spiro atoms. The minimum Gasteiger partial charge on any atom is -0.415 e. The normalized spacial score (nSPS) is 16.1. The summed E-state index contributed by atoms with van der Waals surface area (Å²) in [5.41, 5.74) is 5.21. The molecule has 0 saturated heterocycles. The summed E-state index contributed by atoms with van der Waals surface area (Å²) in [6, 6.07) is -1.16. The van der Waals surface area contributed by atoms with E-state index in [0.29, 0.717) is 0 Å². The van der Waals surface area contributed by atoms with Gasteiger partial charge in [0.2, 0.25) is 0 Å². The highest BCUT2D eigenvalue weighted by molar-refractivity contribution is 6.74. The number of alkyl halides is 2. The van der Waals surface area contributed by atoms with Gasteiger partial charge in [0.25, 0.3) is 6.43 Å². The van der Waals surface area contributed by atoms with Crippen molar-refractivity contribution in [2.75, 3.05) is 6.61 Å². The molecule has 2 N–H and O–H groups in total. The van der Waals surface area contributed by atoms with E-state index in [1.165, 1.54) is 0 Å². The van der Waals surface area contributed by atoms with Crippen LogP contribution in [0.25, 0.3) is 0 Å². The molecule has 0 aliphatic heterocycles. The van der Waals surface area contributed by atoms with E-state index >= 15 is 0 Å². The van der Waals surface area contributed by atoms with E-state index in [0.717, 1.165) is 0 Å². The van der Waals surface area contributed by atoms with Gasteiger partial charge in [-0.25, -0.2) is 8.78 Å². The minimum atomic E-state index is -2.50. The number of halogens is 2. The van der Waals surface area contributed by atoms with Gasteiger partial charge in [0.1, 0.15) is 0 Å². The average molecular weight is 225 g/mol. The molecule has 86 valence electrons. The first-order chi connectivity index (χ1) is 6.08. The Kier molecular flexibility index (Phi) is 4.68. The van der Waals surface area contributed by atoms with E-state index in [9.17, 15) is 8.78 Å². The molecule has 0 aliphatic rings. The molecule has 0 aromatic rings. The van der Waals surface area contributed by atoms with Gasteiger partial charge in [-0.05, 0) is 18.1 Å². The lowest BCUT2D eigenvalue weighted by atomic mass is 10.2. The maximum atomic E-state index is 12.1. The van der Waals surface area contributed by atoms with E-state index in [2.05, 4.69) is 20.8 Å². The Morgan fingerprint density at radius 3 is 2.00 bits per heavy atom. The van der Waals surface area contributed by atoms with Crippen LogP contribution in [0.2, 0.25) is 18.1 Å². The lowest BCUT2D eigenvalue weighted by Crippen LogP contribution is -2.45. The fourth-order valence-electron chi connectivity index (χ4n) is 0.594. The topological polar surface area (TPSA) is 35.2 Å². The predicted octanol–water partition coefficient (Wildman–Crippen LogP) is 2.60. The maximum absolute atomic E-state index is 12.1. The standard InChI is InChI=1S/C9H21F2NOSi/c1-9(2,3)14(4,5)13-6-7(12)8(10)11/h7-8H,6,12H2,1-5H3. The number of hydrogen-bond donors (Lipinski definition) is 1. The van der Waals surface area contributed by atoms with Crippen molar-refractivity contribution in [2.45, 2.75) is 51.4 Å². The first-order valence-corrected chi connectivity index (χ1v) is 7.66. The van der Waals surface area contributed by atoms with Gasteiger partial charge in [-0.1, -0.05) is 20.8 Å². The van der Waals surface area contributed by atoms with Crippen molar-refractivity contribution in [3.8, 4) is 0 Å². The molecule has 0 fully saturated rings. The van der Waals surface area contributed by atoms with Crippen molar-refractivity contribution in [1.29, 1.82) is 0 Å². The van der Waals surface area contributed by atoms with Crippen molar-refractivity contribution in [2.24, 2.45) is 5.73 Å². The van der Waals surface area contributed by atoms with Crippen molar-refractivity contribution < 1.29 is 13.2 Å². The molecule has 0 aliphatic carbocycles. The van der Waals surface area contributed by atoms with Gasteiger partial charge in [0, 0.05) is 0 Å². The van der Waals surface area contributed by atoms with Gasteiger partial charge in [0.15, 0.2) is 8.32 Å². The summed E-state index contributed by atoms with van der Waals surface area (Å²) >= 11 is 0. The second-order valence-electron chi connectivity index (χ2n) is 5.07. The quantitative estimate of drug-likeness (QED) is 0.746. The zero-order chi connectivity index (χ0) is 11.6. The number of hydrogen-bond acceptors (Lipinski definition) is 2. The van der Waals surface area contributed by atoms with Gasteiger partial charge in [0.05, 0.1) is 12.6 Å². The average Bonchev–Trinajstić information content (AvgIpc) is 1.97. The summed E-state index contributed by atoms with van der Waals surface area (Å²) in [6.07, 6.45) is -2.50. The molecule has 0 aromatic carbocycles. The summed E-state index contributed by atoms with van der Waals surface area (Å²) in [6.45, 7) is 10.2. The highest BCUT2D eigenvalue weighted by Gasteiger charge is 2.37. The van der Waals surface area contributed by atoms with Crippen LogP contribution >= 0.6 is 0 Å². The smallest absolute Gasteiger partial charge is 0.255 e. The second-order valence-corrected chi connectivity index (χ2v) is 9.88. The molecule has 0 saturated carbocycles. The molecule has 0 radical (unpaired) electrons. The largest absolute Gasteiger partial charge is 0.415 e. The van der Waals surface area contributed by atoms with E-state index in [4.69, 9.17) is 10.2 Å². The van der Waals surface area contributed by atoms with Gasteiger partial charge < -0.3 is 10.2 Å². The Morgan fingerprint density at radius 1 is 1.29 bits per heavy atom. The summed E-state index contributed by atoms with van der Waals surface area (Å²) in [5.74, 6) is 0. The van der Waals surface area contributed by atoms with Crippen molar-refractivity contribution in [3.05, 3.63) is 0 Å². The third-order valence-electron chi connectivity index (χ3n) is 2.77. The molecule has 0 bridgehead atoms. The first kappa shape index (κ1) is 14.0. The molecule has 0 amide bonds. The van der Waals surface area contributed by atoms with E-state index < -0.39 is 20.8 Å². The Hall–Kier alpha value is -0.00312. The highest BCUT2D eigenvalue weighted by Crippen LogP contribution is 2.36. The van der Waals surface area contributed by atoms with E-state index in [-0.39, 0.29) is 11.6 Å². The molecule has 0 heterocycles. The number of rotatable bonds is 4. The van der Waals surface area contributed by atoms with Crippen LogP contribution in [0.1, 0.15) is 20.8 Å². The lowest BCUT2D eigenvalue weighted by molar-refractivity contribution is 0.0862. The van der Waals surface area contributed by atoms with Crippen LogP contribution in [0.15, 0.2) is 0 Å². The van der Waals surface area contributed by atoms with Crippen LogP contribution in [-0.4, -0.2) is 27.4 Å². The molecule has 1 unspecified atom stereocenters. The molecular weight excluding hydrogens is 204 g/mol. The third kappa shape index (κ3) is 4.02. The highest BCUT2D eigenvalue weighted by atomic mass is 28.4. The fraction of sp³-hybridized carbons (Fsp3) is 1.00. The Morgan fingerprint density at radius 2 is 1.71 bits per heavy atom. The summed E-state index contributed by atoms with van der Waals surface area (Å²) in [4.78, 5) is 0. The third-order valence-corrected chi connectivity index (χ3v) is 7.27. The second kappa shape index (κ2) is 4.68. The Bertz CT molecular complexity index is 180. The predicted molar refractivity (Wildman–Crippen MR) is 57.1 cm³/mol. The molecular formula is C9H21F2NOSi. The van der Waals surface area contributed by atoms with Crippen LogP contribution in [-0.2, 0) is 4.43 Å². The number of nitrogens with two attached hydrogens (primary N) is 1. The molecule has 14 heavy (non-hydrogen) atoms. The van der Waals surface area contributed by atoms with Crippen LogP contribution in [0.5, 0.6) is 0 Å². The van der Waals surface area contributed by atoms with Gasteiger partial charge in [-0.2, -0.15) is 0 Å². The minimum absolute atomic E-state index is 0.0365. The molecule has 1 atom stereocenters. The zero-order valence-corrected chi connectivity index (χ0v) is 10.6. The van der Waals surface area contributed by atoms with Crippen LogP contribution in [0.3, 0.4) is 0 Å². The molecule has 0 rings (SSSR count).